The third-order valence-corrected chi connectivity index (χ3v) is 17.7. The van der Waals surface area contributed by atoms with Crippen molar-refractivity contribution in [2.45, 2.75) is 180 Å². The average molecular weight is 751 g/mol. The molecule has 11 nitrogen and oxygen atoms in total. The Morgan fingerprint density at radius 1 is 0.736 bits per heavy atom. The normalized spacial score (nSPS) is 56.4. The Balaban J connectivity index is 1.04. The largest absolute Gasteiger partial charge is 0.396 e. The first-order valence-electron chi connectivity index (χ1n) is 20.7. The Hall–Kier alpha value is -0.700. The highest BCUT2D eigenvalue weighted by atomic mass is 16.7. The molecule has 7 aliphatic rings. The summed E-state index contributed by atoms with van der Waals surface area (Å²) in [6, 6.07) is 0. The lowest BCUT2D eigenvalue weighted by Gasteiger charge is -2.73. The van der Waals surface area contributed by atoms with Crippen LogP contribution in [-0.4, -0.2) is 116 Å². The molecular weight excluding hydrogens is 680 g/mol. The van der Waals surface area contributed by atoms with E-state index in [4.69, 9.17) is 18.9 Å². The van der Waals surface area contributed by atoms with Gasteiger partial charge in [-0.1, -0.05) is 46.8 Å². The molecular formula is C42H70O11. The van der Waals surface area contributed by atoms with Gasteiger partial charge in [0.25, 0.3) is 0 Å². The van der Waals surface area contributed by atoms with Gasteiger partial charge in [0.15, 0.2) is 12.6 Å². The molecule has 53 heavy (non-hydrogen) atoms. The molecule has 7 fully saturated rings. The molecule has 5 aliphatic carbocycles. The fourth-order valence-electron chi connectivity index (χ4n) is 14.5. The molecule has 2 heterocycles. The van der Waals surface area contributed by atoms with Crippen molar-refractivity contribution < 1.29 is 54.7 Å². The van der Waals surface area contributed by atoms with Crippen molar-refractivity contribution in [1.29, 1.82) is 0 Å². The van der Waals surface area contributed by atoms with Gasteiger partial charge < -0.3 is 54.7 Å². The van der Waals surface area contributed by atoms with Gasteiger partial charge in [-0.25, -0.2) is 0 Å². The van der Waals surface area contributed by atoms with Gasteiger partial charge in [0, 0.05) is 6.61 Å². The van der Waals surface area contributed by atoms with E-state index in [1.54, 1.807) is 0 Å². The van der Waals surface area contributed by atoms with Gasteiger partial charge in [-0.2, -0.15) is 0 Å². The van der Waals surface area contributed by atoms with Gasteiger partial charge in [0.1, 0.15) is 42.7 Å². The van der Waals surface area contributed by atoms with E-state index in [0.29, 0.717) is 36.2 Å². The summed E-state index contributed by atoms with van der Waals surface area (Å²) in [5, 5.41) is 74.9. The van der Waals surface area contributed by atoms with Crippen LogP contribution in [-0.2, 0) is 18.9 Å². The van der Waals surface area contributed by atoms with E-state index in [1.165, 1.54) is 31.8 Å². The molecule has 11 heteroatoms. The molecule has 7 N–H and O–H groups in total. The summed E-state index contributed by atoms with van der Waals surface area (Å²) in [7, 11) is 0. The summed E-state index contributed by atoms with van der Waals surface area (Å²) < 4.78 is 23.5. The number of aliphatic hydroxyl groups is 7. The van der Waals surface area contributed by atoms with E-state index in [-0.39, 0.29) is 39.8 Å². The number of hydrogen-bond donors (Lipinski definition) is 7. The van der Waals surface area contributed by atoms with Crippen molar-refractivity contribution in [3.05, 3.63) is 12.2 Å². The molecule has 5 saturated carbocycles. The topological polar surface area (TPSA) is 179 Å². The number of fused-ring (bicyclic) bond motifs is 7. The van der Waals surface area contributed by atoms with Crippen LogP contribution in [0.15, 0.2) is 12.2 Å². The summed E-state index contributed by atoms with van der Waals surface area (Å²) in [4.78, 5) is 0. The standard InChI is InChI=1S/C42H70O11/c1-21(2)23-11-16-42(20-43)18-17-40(7)24(29(23)42)9-10-27-39(6)14-13-28(38(4,5)26(39)12-15-41(27,40)8)53-35-33(47)31(45)25(52-36(35)49)19-50-37-34(48)32(46)30(44)22(3)51-37/h22-37,43-49H,1,9-20H2,2-8H3/t22?,23-,24+,25+,26-,27+,28?,29+,30?,31-,32?,33+,34?,35+,36+,37?,39-,40+,41+,42+/m0/s1. The van der Waals surface area contributed by atoms with Crippen molar-refractivity contribution in [2.24, 2.45) is 56.7 Å². The fourth-order valence-corrected chi connectivity index (χ4v) is 14.5. The van der Waals surface area contributed by atoms with Crippen molar-refractivity contribution in [3.8, 4) is 0 Å². The van der Waals surface area contributed by atoms with Crippen LogP contribution in [0.25, 0.3) is 0 Å². The first kappa shape index (κ1) is 40.5. The molecule has 6 unspecified atom stereocenters. The molecule has 0 spiro atoms. The molecule has 0 aromatic carbocycles. The third-order valence-electron chi connectivity index (χ3n) is 17.7. The second kappa shape index (κ2) is 14.0. The highest BCUT2D eigenvalue weighted by molar-refractivity contribution is 5.21. The van der Waals surface area contributed by atoms with Crippen LogP contribution in [0, 0.1) is 56.7 Å². The van der Waals surface area contributed by atoms with Gasteiger partial charge in [0.2, 0.25) is 0 Å². The smallest absolute Gasteiger partial charge is 0.186 e. The minimum Gasteiger partial charge on any atom is -0.396 e. The Labute approximate surface area is 316 Å². The predicted molar refractivity (Wildman–Crippen MR) is 196 cm³/mol. The zero-order chi connectivity index (χ0) is 38.6. The lowest BCUT2D eigenvalue weighted by molar-refractivity contribution is -0.336. The molecule has 0 radical (unpaired) electrons. The summed E-state index contributed by atoms with van der Waals surface area (Å²) in [6.45, 7) is 20.5. The van der Waals surface area contributed by atoms with Crippen LogP contribution in [0.5, 0.6) is 0 Å². The van der Waals surface area contributed by atoms with Crippen LogP contribution in [0.3, 0.4) is 0 Å². The summed E-state index contributed by atoms with van der Waals surface area (Å²) in [5.41, 5.74) is 1.50. The van der Waals surface area contributed by atoms with Gasteiger partial charge in [-0.05, 0) is 135 Å². The first-order chi connectivity index (χ1) is 24.8. The van der Waals surface area contributed by atoms with Gasteiger partial charge in [0.05, 0.1) is 18.8 Å². The molecule has 0 amide bonds. The molecule has 0 bridgehead atoms. The molecule has 2 saturated heterocycles. The Morgan fingerprint density at radius 3 is 2.13 bits per heavy atom. The number of rotatable bonds is 7. The number of ether oxygens (including phenoxy) is 4. The van der Waals surface area contributed by atoms with Crippen molar-refractivity contribution in [2.75, 3.05) is 13.2 Å². The quantitative estimate of drug-likeness (QED) is 0.189. The minimum absolute atomic E-state index is 0.0348. The van der Waals surface area contributed by atoms with Crippen LogP contribution < -0.4 is 0 Å². The number of allylic oxidation sites excluding steroid dienone is 1. The highest BCUT2D eigenvalue weighted by Crippen LogP contribution is 2.77. The van der Waals surface area contributed by atoms with Crippen LogP contribution in [0.2, 0.25) is 0 Å². The van der Waals surface area contributed by atoms with E-state index in [0.717, 1.165) is 44.9 Å². The van der Waals surface area contributed by atoms with Crippen molar-refractivity contribution >= 4 is 0 Å². The second-order valence-electron chi connectivity index (χ2n) is 20.2. The van der Waals surface area contributed by atoms with E-state index in [9.17, 15) is 35.7 Å². The van der Waals surface area contributed by atoms with E-state index in [1.807, 2.05) is 0 Å². The van der Waals surface area contributed by atoms with E-state index < -0.39 is 61.4 Å². The number of hydrogen-bond acceptors (Lipinski definition) is 11. The second-order valence-corrected chi connectivity index (χ2v) is 20.2. The Kier molecular flexibility index (Phi) is 10.7. The summed E-state index contributed by atoms with van der Waals surface area (Å²) >= 11 is 0. The van der Waals surface area contributed by atoms with Crippen LogP contribution >= 0.6 is 0 Å². The SMILES string of the molecule is C=C(C)[C@@H]1CC[C@]2(CO)CC[C@]3(C)[C@H](CC[C@@H]4[C@@]5(C)CCC(O[C@@H]6[C@H](O)[C@@H](O)[C@@H](COC7OC(C)C(O)C(O)C7O)O[C@H]6O)C(C)(C)[C@@H]5CC[C@]43C)[C@@H]12. The van der Waals surface area contributed by atoms with Crippen LogP contribution in [0.4, 0.5) is 0 Å². The lowest BCUT2D eigenvalue weighted by atomic mass is 9.32. The van der Waals surface area contributed by atoms with Gasteiger partial charge >= 0.3 is 0 Å². The van der Waals surface area contributed by atoms with Gasteiger partial charge in [-0.3, -0.25) is 0 Å². The summed E-state index contributed by atoms with van der Waals surface area (Å²) in [6.07, 6.45) is -2.54. The maximum atomic E-state index is 11.3. The van der Waals surface area contributed by atoms with Crippen molar-refractivity contribution in [3.63, 3.8) is 0 Å². The van der Waals surface area contributed by atoms with E-state index >= 15 is 0 Å². The highest BCUT2D eigenvalue weighted by Gasteiger charge is 2.71. The maximum Gasteiger partial charge on any atom is 0.186 e. The molecule has 0 aromatic heterocycles. The first-order valence-corrected chi connectivity index (χ1v) is 20.7. The van der Waals surface area contributed by atoms with Crippen molar-refractivity contribution in [1.82, 2.24) is 0 Å². The monoisotopic (exact) mass is 750 g/mol. The fraction of sp³-hybridized carbons (Fsp3) is 0.952. The van der Waals surface area contributed by atoms with Gasteiger partial charge in [-0.15, -0.1) is 0 Å². The zero-order valence-corrected chi connectivity index (χ0v) is 33.2. The molecule has 304 valence electrons. The molecule has 0 aromatic rings. The average Bonchev–Trinajstić information content (AvgIpc) is 3.50. The third kappa shape index (κ3) is 5.99. The Bertz CT molecular complexity index is 1360. The summed E-state index contributed by atoms with van der Waals surface area (Å²) in [5.74, 6) is 2.50. The Morgan fingerprint density at radius 2 is 1.45 bits per heavy atom. The number of aliphatic hydroxyl groups excluding tert-OH is 7. The molecule has 7 rings (SSSR count). The predicted octanol–water partition coefficient (Wildman–Crippen LogP) is 3.67. The molecule has 2 aliphatic heterocycles. The van der Waals surface area contributed by atoms with E-state index in [2.05, 4.69) is 48.1 Å². The maximum absolute atomic E-state index is 11.3. The zero-order valence-electron chi connectivity index (χ0n) is 33.2. The molecule has 20 atom stereocenters. The van der Waals surface area contributed by atoms with Crippen LogP contribution in [0.1, 0.15) is 113 Å². The lowest BCUT2D eigenvalue weighted by Crippen LogP contribution is -2.67. The minimum atomic E-state index is -1.53.